The highest BCUT2D eigenvalue weighted by Crippen LogP contribution is 2.45. The van der Waals surface area contributed by atoms with Gasteiger partial charge in [0.15, 0.2) is 0 Å². The highest BCUT2D eigenvalue weighted by Gasteiger charge is 2.61. The summed E-state index contributed by atoms with van der Waals surface area (Å²) in [7, 11) is 1.65. The van der Waals surface area contributed by atoms with Gasteiger partial charge in [-0.3, -0.25) is 9.48 Å². The number of rotatable bonds is 4. The number of nitrogens with one attached hydrogen (secondary N) is 1. The lowest BCUT2D eigenvalue weighted by Gasteiger charge is -2.41. The number of hydrogen-bond donors (Lipinski definition) is 2. The molecule has 5 nitrogen and oxygen atoms in total. The molecule has 1 aromatic heterocycles. The first-order chi connectivity index (χ1) is 11.2. The van der Waals surface area contributed by atoms with Crippen LogP contribution in [0.5, 0.6) is 0 Å². The van der Waals surface area contributed by atoms with Crippen LogP contribution in [-0.4, -0.2) is 32.3 Å². The van der Waals surface area contributed by atoms with Gasteiger partial charge in [-0.25, -0.2) is 4.39 Å². The molecule has 3 rings (SSSR count). The second kappa shape index (κ2) is 5.62. The van der Waals surface area contributed by atoms with Crippen molar-refractivity contribution in [1.29, 1.82) is 0 Å². The smallest absolute Gasteiger partial charge is 0.352 e. The van der Waals surface area contributed by atoms with Gasteiger partial charge in [0.05, 0.1) is 6.20 Å². The van der Waals surface area contributed by atoms with Crippen molar-refractivity contribution in [3.63, 3.8) is 0 Å². The van der Waals surface area contributed by atoms with Gasteiger partial charge >= 0.3 is 5.92 Å². The molecule has 1 heterocycles. The molecule has 0 unspecified atom stereocenters. The summed E-state index contributed by atoms with van der Waals surface area (Å²) in [5.74, 6) is -6.11. The molecule has 24 heavy (non-hydrogen) atoms. The first-order valence-electron chi connectivity index (χ1n) is 7.43. The zero-order chi connectivity index (χ0) is 17.5. The monoisotopic (exact) mass is 339 g/mol. The first kappa shape index (κ1) is 16.5. The fourth-order valence-electron chi connectivity index (χ4n) is 2.66. The van der Waals surface area contributed by atoms with Crippen LogP contribution in [-0.2, 0) is 11.8 Å². The Morgan fingerprint density at radius 1 is 1.42 bits per heavy atom. The molecule has 1 aromatic carbocycles. The number of carbonyl (C=O) groups is 1. The van der Waals surface area contributed by atoms with Crippen LogP contribution in [0.1, 0.15) is 19.3 Å². The summed E-state index contributed by atoms with van der Waals surface area (Å²) in [5, 5.41) is 15.9. The number of benzene rings is 1. The molecule has 8 heteroatoms. The lowest BCUT2D eigenvalue weighted by atomic mass is 9.75. The van der Waals surface area contributed by atoms with Crippen LogP contribution in [0.2, 0.25) is 0 Å². The van der Waals surface area contributed by atoms with Crippen molar-refractivity contribution in [2.24, 2.45) is 7.05 Å². The van der Waals surface area contributed by atoms with E-state index < -0.39 is 23.2 Å². The standard InChI is InChI=1S/C16H16F3N3O2/c1-22-9-10(8-20-22)12-7-11(17)3-4-13(12)21-14(23)16(18,19)15(24)5-2-6-15/h3-4,7-9,24H,2,5-6H2,1H3,(H,21,23). The maximum atomic E-state index is 14.2. The number of halogens is 3. The van der Waals surface area contributed by atoms with E-state index in [1.54, 1.807) is 13.2 Å². The van der Waals surface area contributed by atoms with Gasteiger partial charge in [-0.1, -0.05) is 0 Å². The zero-order valence-corrected chi connectivity index (χ0v) is 12.9. The average molecular weight is 339 g/mol. The molecule has 2 aromatic rings. The van der Waals surface area contributed by atoms with Gasteiger partial charge in [0.2, 0.25) is 0 Å². The summed E-state index contributed by atoms with van der Waals surface area (Å²) < 4.78 is 43.4. The Bertz CT molecular complexity index is 785. The van der Waals surface area contributed by atoms with Crippen LogP contribution < -0.4 is 5.32 Å². The van der Waals surface area contributed by atoms with E-state index >= 15 is 0 Å². The number of aliphatic hydroxyl groups is 1. The van der Waals surface area contributed by atoms with E-state index in [4.69, 9.17) is 0 Å². The third-order valence-electron chi connectivity index (χ3n) is 4.30. The van der Waals surface area contributed by atoms with Gasteiger partial charge in [-0.05, 0) is 37.5 Å². The molecular formula is C16H16F3N3O2. The largest absolute Gasteiger partial charge is 0.383 e. The van der Waals surface area contributed by atoms with Crippen molar-refractivity contribution in [2.45, 2.75) is 30.8 Å². The molecule has 0 bridgehead atoms. The minimum atomic E-state index is -3.92. The van der Waals surface area contributed by atoms with Crippen LogP contribution in [0.25, 0.3) is 11.1 Å². The summed E-state index contributed by atoms with van der Waals surface area (Å²) in [6.45, 7) is 0. The van der Waals surface area contributed by atoms with Crippen LogP contribution >= 0.6 is 0 Å². The number of alkyl halides is 2. The first-order valence-corrected chi connectivity index (χ1v) is 7.43. The quantitative estimate of drug-likeness (QED) is 0.900. The Morgan fingerprint density at radius 2 is 2.12 bits per heavy atom. The van der Waals surface area contributed by atoms with E-state index in [0.717, 1.165) is 12.1 Å². The molecular weight excluding hydrogens is 323 g/mol. The molecule has 128 valence electrons. The van der Waals surface area contributed by atoms with Crippen LogP contribution in [0.3, 0.4) is 0 Å². The van der Waals surface area contributed by atoms with Gasteiger partial charge in [-0.15, -0.1) is 0 Å². The second-order valence-electron chi connectivity index (χ2n) is 6.01. The molecule has 1 saturated carbocycles. The van der Waals surface area contributed by atoms with Crippen molar-refractivity contribution in [3.05, 3.63) is 36.4 Å². The number of anilines is 1. The molecule has 0 saturated heterocycles. The molecule has 0 spiro atoms. The van der Waals surface area contributed by atoms with E-state index in [-0.39, 0.29) is 24.1 Å². The Hall–Kier alpha value is -2.35. The number of amides is 1. The molecule has 2 N–H and O–H groups in total. The number of hydrogen-bond acceptors (Lipinski definition) is 3. The van der Waals surface area contributed by atoms with E-state index in [0.29, 0.717) is 12.0 Å². The SMILES string of the molecule is Cn1cc(-c2cc(F)ccc2NC(=O)C(F)(F)C2(O)CCC2)cn1. The van der Waals surface area contributed by atoms with Crippen molar-refractivity contribution in [1.82, 2.24) is 9.78 Å². The summed E-state index contributed by atoms with van der Waals surface area (Å²) in [5.41, 5.74) is -1.59. The van der Waals surface area contributed by atoms with Crippen LogP contribution in [0, 0.1) is 5.82 Å². The summed E-state index contributed by atoms with van der Waals surface area (Å²) in [6.07, 6.45) is 3.18. The molecule has 1 fully saturated rings. The van der Waals surface area contributed by atoms with Gasteiger partial charge in [0.1, 0.15) is 11.4 Å². The van der Waals surface area contributed by atoms with Gasteiger partial charge in [0, 0.05) is 30.1 Å². The van der Waals surface area contributed by atoms with Crippen molar-refractivity contribution in [3.8, 4) is 11.1 Å². The molecule has 0 radical (unpaired) electrons. The molecule has 0 aliphatic heterocycles. The molecule has 0 atom stereocenters. The van der Waals surface area contributed by atoms with Crippen molar-refractivity contribution >= 4 is 11.6 Å². The second-order valence-corrected chi connectivity index (χ2v) is 6.01. The van der Waals surface area contributed by atoms with E-state index in [9.17, 15) is 23.1 Å². The minimum absolute atomic E-state index is 0.0250. The number of aromatic nitrogens is 2. The average Bonchev–Trinajstić information content (AvgIpc) is 2.92. The molecule has 1 aliphatic carbocycles. The summed E-state index contributed by atoms with van der Waals surface area (Å²) in [4.78, 5) is 12.0. The van der Waals surface area contributed by atoms with Gasteiger partial charge < -0.3 is 10.4 Å². The van der Waals surface area contributed by atoms with Crippen molar-refractivity contribution < 1.29 is 23.1 Å². The van der Waals surface area contributed by atoms with Crippen molar-refractivity contribution in [2.75, 3.05) is 5.32 Å². The maximum Gasteiger partial charge on any atom is 0.352 e. The predicted octanol–water partition coefficient (Wildman–Crippen LogP) is 2.72. The zero-order valence-electron chi connectivity index (χ0n) is 12.9. The van der Waals surface area contributed by atoms with Crippen LogP contribution in [0.4, 0.5) is 18.9 Å². The van der Waals surface area contributed by atoms with Gasteiger partial charge in [0.25, 0.3) is 5.91 Å². The lowest BCUT2D eigenvalue weighted by Crippen LogP contribution is -2.59. The topological polar surface area (TPSA) is 67.2 Å². The van der Waals surface area contributed by atoms with Crippen LogP contribution in [0.15, 0.2) is 30.6 Å². The van der Waals surface area contributed by atoms with E-state index in [1.807, 2.05) is 0 Å². The number of nitrogens with zero attached hydrogens (tertiary/aromatic N) is 2. The maximum absolute atomic E-state index is 14.2. The molecule has 1 aliphatic rings. The Morgan fingerprint density at radius 3 is 2.67 bits per heavy atom. The predicted molar refractivity (Wildman–Crippen MR) is 81.0 cm³/mol. The normalized spacial score (nSPS) is 16.5. The van der Waals surface area contributed by atoms with Gasteiger partial charge in [-0.2, -0.15) is 13.9 Å². The third-order valence-corrected chi connectivity index (χ3v) is 4.30. The minimum Gasteiger partial charge on any atom is -0.383 e. The lowest BCUT2D eigenvalue weighted by molar-refractivity contribution is -0.212. The van der Waals surface area contributed by atoms with E-state index in [1.165, 1.54) is 16.9 Å². The fraction of sp³-hybridized carbons (Fsp3) is 0.375. The number of carbonyl (C=O) groups excluding carboxylic acids is 1. The Labute approximate surface area is 136 Å². The Kier molecular flexibility index (Phi) is 3.87. The fourth-order valence-corrected chi connectivity index (χ4v) is 2.66. The highest BCUT2D eigenvalue weighted by molar-refractivity contribution is 6.00. The Balaban J connectivity index is 1.91. The summed E-state index contributed by atoms with van der Waals surface area (Å²) >= 11 is 0. The highest BCUT2D eigenvalue weighted by atomic mass is 19.3. The summed E-state index contributed by atoms with van der Waals surface area (Å²) in [6, 6.07) is 3.39. The number of aryl methyl sites for hydroxylation is 1. The van der Waals surface area contributed by atoms with E-state index in [2.05, 4.69) is 10.4 Å². The third kappa shape index (κ3) is 2.66. The molecule has 1 amide bonds.